The van der Waals surface area contributed by atoms with Gasteiger partial charge in [-0.15, -0.1) is 0 Å². The van der Waals surface area contributed by atoms with E-state index in [0.29, 0.717) is 0 Å². The van der Waals surface area contributed by atoms with Gasteiger partial charge in [-0.25, -0.2) is 4.79 Å². The number of aliphatic hydroxyl groups excluding tert-OH is 8. The molecular weight excluding hydrogens is 492 g/mol. The van der Waals surface area contributed by atoms with Crippen LogP contribution in [0.25, 0.3) is 0 Å². The van der Waals surface area contributed by atoms with Gasteiger partial charge in [0.2, 0.25) is 18.3 Å². The largest absolute Gasteiger partial charge is 0.502 e. The van der Waals surface area contributed by atoms with Crippen LogP contribution in [0.1, 0.15) is 17.3 Å². The molecule has 2 fully saturated rings. The Bertz CT molecular complexity index is 833. The van der Waals surface area contributed by atoms with Crippen molar-refractivity contribution in [1.82, 2.24) is 0 Å². The highest BCUT2D eigenvalue weighted by Gasteiger charge is 2.46. The highest BCUT2D eigenvalue weighted by molar-refractivity contribution is 5.91. The topological polar surface area (TPSA) is 245 Å². The van der Waals surface area contributed by atoms with Crippen LogP contribution in [0.2, 0.25) is 0 Å². The first-order valence-corrected chi connectivity index (χ1v) is 11.0. The van der Waals surface area contributed by atoms with Crippen molar-refractivity contribution >= 4 is 5.97 Å². The lowest BCUT2D eigenvalue weighted by Crippen LogP contribution is -2.60. The van der Waals surface area contributed by atoms with Gasteiger partial charge in [0, 0.05) is 0 Å². The van der Waals surface area contributed by atoms with E-state index in [-0.39, 0.29) is 12.2 Å². The zero-order chi connectivity index (χ0) is 26.7. The summed E-state index contributed by atoms with van der Waals surface area (Å²) in [7, 11) is 0. The van der Waals surface area contributed by atoms with Crippen LogP contribution >= 0.6 is 0 Å². The molecule has 2 saturated heterocycles. The standard InChI is InChI=1S/C21H30O15/c1-2-32-19(31)7-3-8(33-20-17(29)15(27)13(25)10(5-22)35-20)12(24)9(4-7)34-21-18(30)16(28)14(26)11(6-23)36-21/h3-4,10-11,13-18,20-30H,2,5-6H2,1H3/t10-,11-,13-,14-,15+,16+,17-,18-,20?,21?/m1/s1. The molecule has 204 valence electrons. The lowest BCUT2D eigenvalue weighted by Gasteiger charge is -2.40. The van der Waals surface area contributed by atoms with Gasteiger partial charge in [-0.2, -0.15) is 0 Å². The highest BCUT2D eigenvalue weighted by Crippen LogP contribution is 2.41. The minimum atomic E-state index is -1.84. The van der Waals surface area contributed by atoms with Crippen LogP contribution in [0.5, 0.6) is 17.2 Å². The van der Waals surface area contributed by atoms with Gasteiger partial charge in [0.25, 0.3) is 0 Å². The number of ether oxygens (including phenoxy) is 5. The van der Waals surface area contributed by atoms with Crippen molar-refractivity contribution in [2.45, 2.75) is 68.3 Å². The summed E-state index contributed by atoms with van der Waals surface area (Å²) < 4.78 is 26.3. The Morgan fingerprint density at radius 2 is 1.19 bits per heavy atom. The van der Waals surface area contributed by atoms with Crippen molar-refractivity contribution in [2.24, 2.45) is 0 Å². The average molecular weight is 522 g/mol. The summed E-state index contributed by atoms with van der Waals surface area (Å²) >= 11 is 0. The van der Waals surface area contributed by atoms with Crippen molar-refractivity contribution in [3.05, 3.63) is 17.7 Å². The van der Waals surface area contributed by atoms with E-state index in [9.17, 15) is 50.8 Å². The number of benzene rings is 1. The van der Waals surface area contributed by atoms with Gasteiger partial charge < -0.3 is 69.6 Å². The minimum absolute atomic E-state index is 0.0223. The minimum Gasteiger partial charge on any atom is -0.502 e. The number of aromatic hydroxyl groups is 1. The summed E-state index contributed by atoms with van der Waals surface area (Å²) in [5.41, 5.74) is -0.242. The van der Waals surface area contributed by atoms with E-state index in [2.05, 4.69) is 0 Å². The smallest absolute Gasteiger partial charge is 0.338 e. The fourth-order valence-electron chi connectivity index (χ4n) is 3.67. The zero-order valence-corrected chi connectivity index (χ0v) is 19.0. The molecule has 2 unspecified atom stereocenters. The maximum absolute atomic E-state index is 12.4. The number of hydrogen-bond donors (Lipinski definition) is 9. The Balaban J connectivity index is 1.94. The SMILES string of the molecule is CCOC(=O)c1cc(OC2O[C@H](CO)[C@@H](O)[C@H](O)[C@H]2O)c(O)c(OC2O[C@H](CO)[C@@H](O)[C@H](O)[C@H]2O)c1. The lowest BCUT2D eigenvalue weighted by molar-refractivity contribution is -0.279. The van der Waals surface area contributed by atoms with Crippen LogP contribution in [0.3, 0.4) is 0 Å². The van der Waals surface area contributed by atoms with Crippen molar-refractivity contribution in [1.29, 1.82) is 0 Å². The van der Waals surface area contributed by atoms with E-state index in [1.54, 1.807) is 0 Å². The summed E-state index contributed by atoms with van der Waals surface area (Å²) in [5, 5.41) is 89.8. The first-order chi connectivity index (χ1) is 17.0. The molecule has 0 amide bonds. The van der Waals surface area contributed by atoms with Crippen molar-refractivity contribution < 1.29 is 74.4 Å². The molecule has 2 aliphatic heterocycles. The molecule has 3 rings (SSSR count). The molecule has 0 saturated carbocycles. The molecule has 15 heteroatoms. The summed E-state index contributed by atoms with van der Waals surface area (Å²) in [5.74, 6) is -2.78. The molecule has 2 aliphatic rings. The van der Waals surface area contributed by atoms with Crippen LogP contribution in [-0.4, -0.2) is 133 Å². The second-order valence-corrected chi connectivity index (χ2v) is 8.17. The number of phenolic OH excluding ortho intramolecular Hbond substituents is 1. The number of aliphatic hydroxyl groups is 8. The Kier molecular flexibility index (Phi) is 9.28. The van der Waals surface area contributed by atoms with Gasteiger partial charge in [0.05, 0.1) is 25.4 Å². The molecule has 0 aliphatic carbocycles. The van der Waals surface area contributed by atoms with Crippen molar-refractivity contribution in [3.63, 3.8) is 0 Å². The predicted octanol–water partition coefficient (Wildman–Crippen LogP) is -4.07. The number of hydrogen-bond acceptors (Lipinski definition) is 15. The molecule has 0 spiro atoms. The van der Waals surface area contributed by atoms with E-state index in [0.717, 1.165) is 12.1 Å². The van der Waals surface area contributed by atoms with Crippen LogP contribution < -0.4 is 9.47 Å². The summed E-state index contributed by atoms with van der Waals surface area (Å²) in [6, 6.07) is 1.99. The first kappa shape index (κ1) is 28.3. The van der Waals surface area contributed by atoms with Gasteiger partial charge in [0.15, 0.2) is 11.5 Å². The molecule has 0 aromatic heterocycles. The van der Waals surface area contributed by atoms with Crippen molar-refractivity contribution in [3.8, 4) is 17.2 Å². The molecule has 10 atom stereocenters. The van der Waals surface area contributed by atoms with E-state index in [1.165, 1.54) is 6.92 Å². The summed E-state index contributed by atoms with van der Waals surface area (Å²) in [6.45, 7) is 0.0246. The zero-order valence-electron chi connectivity index (χ0n) is 19.0. The molecule has 0 bridgehead atoms. The van der Waals surface area contributed by atoms with Gasteiger partial charge in [0.1, 0.15) is 48.8 Å². The van der Waals surface area contributed by atoms with Gasteiger partial charge in [-0.05, 0) is 19.1 Å². The van der Waals surface area contributed by atoms with Crippen molar-refractivity contribution in [2.75, 3.05) is 19.8 Å². The summed E-state index contributed by atoms with van der Waals surface area (Å²) in [6.07, 6.45) is -16.7. The highest BCUT2D eigenvalue weighted by atomic mass is 16.7. The van der Waals surface area contributed by atoms with Crippen LogP contribution in [0.4, 0.5) is 0 Å². The van der Waals surface area contributed by atoms with E-state index in [1.807, 2.05) is 0 Å². The van der Waals surface area contributed by atoms with Gasteiger partial charge in [-0.3, -0.25) is 0 Å². The van der Waals surface area contributed by atoms with E-state index >= 15 is 0 Å². The molecule has 1 aromatic rings. The fourth-order valence-corrected chi connectivity index (χ4v) is 3.67. The number of rotatable bonds is 8. The Labute approximate surface area is 204 Å². The molecular formula is C21H30O15. The first-order valence-electron chi connectivity index (χ1n) is 11.0. The Morgan fingerprint density at radius 3 is 1.56 bits per heavy atom. The van der Waals surface area contributed by atoms with Gasteiger partial charge in [-0.1, -0.05) is 0 Å². The number of esters is 1. The average Bonchev–Trinajstić information content (AvgIpc) is 2.86. The van der Waals surface area contributed by atoms with Crippen LogP contribution in [-0.2, 0) is 14.2 Å². The Morgan fingerprint density at radius 1 is 0.778 bits per heavy atom. The molecule has 1 aromatic carbocycles. The third-order valence-electron chi connectivity index (χ3n) is 5.73. The second kappa shape index (κ2) is 11.8. The summed E-state index contributed by atoms with van der Waals surface area (Å²) in [4.78, 5) is 12.4. The maximum atomic E-state index is 12.4. The molecule has 0 radical (unpaired) electrons. The van der Waals surface area contributed by atoms with Crippen LogP contribution in [0, 0.1) is 0 Å². The molecule has 2 heterocycles. The molecule has 9 N–H and O–H groups in total. The number of carbonyl (C=O) groups excluding carboxylic acids is 1. The predicted molar refractivity (Wildman–Crippen MR) is 113 cm³/mol. The molecule has 15 nitrogen and oxygen atoms in total. The lowest BCUT2D eigenvalue weighted by atomic mass is 9.99. The van der Waals surface area contributed by atoms with E-state index < -0.39 is 97.8 Å². The second-order valence-electron chi connectivity index (χ2n) is 8.17. The fraction of sp³-hybridized carbons (Fsp3) is 0.667. The normalized spacial score (nSPS) is 36.8. The monoisotopic (exact) mass is 522 g/mol. The van der Waals surface area contributed by atoms with Crippen LogP contribution in [0.15, 0.2) is 12.1 Å². The van der Waals surface area contributed by atoms with Gasteiger partial charge >= 0.3 is 5.97 Å². The van der Waals surface area contributed by atoms with E-state index in [4.69, 9.17) is 23.7 Å². The quantitative estimate of drug-likeness (QED) is 0.147. The molecule has 36 heavy (non-hydrogen) atoms. The third-order valence-corrected chi connectivity index (χ3v) is 5.73. The number of phenols is 1. The Hall–Kier alpha value is -2.31. The maximum Gasteiger partial charge on any atom is 0.338 e. The third kappa shape index (κ3) is 5.65. The number of carbonyl (C=O) groups is 1.